The first-order valence-corrected chi connectivity index (χ1v) is 9.56. The largest absolute Gasteiger partial charge is 0.322 e. The SMILES string of the molecule is Cc1cccc(C)c1-n1cnnc1-c1[c-]cc2nc(C)n(-c3ccccc3)c2c1.[Ir]. The molecule has 30 heavy (non-hydrogen) atoms. The normalized spacial score (nSPS) is 10.9. The first-order chi connectivity index (χ1) is 14.1. The molecule has 0 aliphatic carbocycles. The molecule has 0 aliphatic heterocycles. The Morgan fingerprint density at radius 2 is 1.63 bits per heavy atom. The molecule has 0 saturated carbocycles. The van der Waals surface area contributed by atoms with Gasteiger partial charge in [-0.05, 0) is 49.5 Å². The molecule has 0 unspecified atom stereocenters. The molecule has 0 aliphatic rings. The zero-order chi connectivity index (χ0) is 20.0. The van der Waals surface area contributed by atoms with Crippen LogP contribution in [0.25, 0.3) is 33.8 Å². The van der Waals surface area contributed by atoms with Crippen LogP contribution in [0.2, 0.25) is 0 Å². The first-order valence-electron chi connectivity index (χ1n) is 9.56. The number of aryl methyl sites for hydroxylation is 3. The number of rotatable bonds is 3. The van der Waals surface area contributed by atoms with Crippen molar-refractivity contribution in [2.45, 2.75) is 20.8 Å². The van der Waals surface area contributed by atoms with Gasteiger partial charge in [0.25, 0.3) is 0 Å². The average molecular weight is 571 g/mol. The van der Waals surface area contributed by atoms with Crippen LogP contribution in [-0.4, -0.2) is 24.3 Å². The number of benzene rings is 3. The van der Waals surface area contributed by atoms with Crippen LogP contribution in [-0.2, 0) is 20.1 Å². The summed E-state index contributed by atoms with van der Waals surface area (Å²) in [5.74, 6) is 1.70. The van der Waals surface area contributed by atoms with Crippen LogP contribution in [0.3, 0.4) is 0 Å². The molecule has 6 heteroatoms. The minimum absolute atomic E-state index is 0. The van der Waals surface area contributed by atoms with E-state index in [0.717, 1.165) is 39.6 Å². The fraction of sp³-hybridized carbons (Fsp3) is 0.125. The molecule has 151 valence electrons. The molecule has 0 fully saturated rings. The number of fused-ring (bicyclic) bond motifs is 1. The molecule has 2 heterocycles. The van der Waals surface area contributed by atoms with Crippen molar-refractivity contribution >= 4 is 11.0 Å². The van der Waals surface area contributed by atoms with Crippen molar-refractivity contribution in [2.24, 2.45) is 0 Å². The Labute approximate surface area is 188 Å². The van der Waals surface area contributed by atoms with Gasteiger partial charge in [0, 0.05) is 37.0 Å². The van der Waals surface area contributed by atoms with Crippen LogP contribution in [0.15, 0.2) is 67.0 Å². The molecular weight excluding hydrogens is 551 g/mol. The molecule has 0 N–H and O–H groups in total. The molecule has 2 aromatic heterocycles. The minimum Gasteiger partial charge on any atom is -0.322 e. The van der Waals surface area contributed by atoms with Crippen molar-refractivity contribution in [3.63, 3.8) is 0 Å². The predicted molar refractivity (Wildman–Crippen MR) is 114 cm³/mol. The monoisotopic (exact) mass is 571 g/mol. The van der Waals surface area contributed by atoms with E-state index in [1.54, 1.807) is 6.33 Å². The zero-order valence-corrected chi connectivity index (χ0v) is 19.3. The summed E-state index contributed by atoms with van der Waals surface area (Å²) in [4.78, 5) is 4.71. The van der Waals surface area contributed by atoms with Gasteiger partial charge in [-0.2, -0.15) is 5.10 Å². The summed E-state index contributed by atoms with van der Waals surface area (Å²) in [7, 11) is 0. The van der Waals surface area contributed by atoms with Crippen molar-refractivity contribution in [2.75, 3.05) is 0 Å². The Balaban J connectivity index is 0.00000218. The first kappa shape index (κ1) is 20.2. The topological polar surface area (TPSA) is 48.5 Å². The predicted octanol–water partition coefficient (Wildman–Crippen LogP) is 5.00. The van der Waals surface area contributed by atoms with Gasteiger partial charge in [-0.15, -0.1) is 28.9 Å². The van der Waals surface area contributed by atoms with Crippen LogP contribution >= 0.6 is 0 Å². The summed E-state index contributed by atoms with van der Waals surface area (Å²) in [5.41, 5.74) is 7.37. The second-order valence-electron chi connectivity index (χ2n) is 7.21. The van der Waals surface area contributed by atoms with Gasteiger partial charge in [-0.3, -0.25) is 4.98 Å². The molecular formula is C24H20IrN5-. The van der Waals surface area contributed by atoms with Crippen molar-refractivity contribution in [1.29, 1.82) is 0 Å². The fourth-order valence-electron chi connectivity index (χ4n) is 3.94. The number of aromatic nitrogens is 5. The van der Waals surface area contributed by atoms with Crippen molar-refractivity contribution < 1.29 is 20.1 Å². The van der Waals surface area contributed by atoms with Gasteiger partial charge in [-0.25, -0.2) is 0 Å². The van der Waals surface area contributed by atoms with Crippen LogP contribution in [0, 0.1) is 26.8 Å². The molecule has 0 saturated heterocycles. The summed E-state index contributed by atoms with van der Waals surface area (Å²) in [6.07, 6.45) is 1.77. The van der Waals surface area contributed by atoms with E-state index in [1.165, 1.54) is 11.1 Å². The fourth-order valence-corrected chi connectivity index (χ4v) is 3.94. The summed E-state index contributed by atoms with van der Waals surface area (Å²) < 4.78 is 4.20. The van der Waals surface area contributed by atoms with Gasteiger partial charge < -0.3 is 9.13 Å². The summed E-state index contributed by atoms with van der Waals surface area (Å²) in [6, 6.07) is 23.9. The maximum Gasteiger partial charge on any atom is 0.114 e. The molecule has 0 atom stereocenters. The van der Waals surface area contributed by atoms with E-state index in [2.05, 4.69) is 71.1 Å². The van der Waals surface area contributed by atoms with Gasteiger partial charge in [0.2, 0.25) is 0 Å². The van der Waals surface area contributed by atoms with E-state index in [4.69, 9.17) is 4.98 Å². The third-order valence-electron chi connectivity index (χ3n) is 5.24. The van der Waals surface area contributed by atoms with Gasteiger partial charge in [0.05, 0.1) is 11.6 Å². The van der Waals surface area contributed by atoms with E-state index in [1.807, 2.05) is 35.8 Å². The standard InChI is InChI=1S/C24H20N5.Ir/c1-16-8-7-9-17(2)23(16)28-15-25-27-24(28)19-12-13-21-22(14-19)29(18(3)26-21)20-10-5-4-6-11-20;/h4-11,13-15H,1-3H3;/q-1;. The van der Waals surface area contributed by atoms with Crippen LogP contribution in [0.4, 0.5) is 0 Å². The molecule has 5 rings (SSSR count). The smallest absolute Gasteiger partial charge is 0.114 e. The molecule has 5 nitrogen and oxygen atoms in total. The van der Waals surface area contributed by atoms with E-state index in [0.29, 0.717) is 0 Å². The third kappa shape index (κ3) is 3.28. The third-order valence-corrected chi connectivity index (χ3v) is 5.24. The van der Waals surface area contributed by atoms with E-state index < -0.39 is 0 Å². The number of imidazole rings is 1. The van der Waals surface area contributed by atoms with Gasteiger partial charge >= 0.3 is 0 Å². The summed E-state index contributed by atoms with van der Waals surface area (Å²) in [5, 5.41) is 8.61. The van der Waals surface area contributed by atoms with E-state index in [9.17, 15) is 0 Å². The molecule has 5 aromatic rings. The number of hydrogen-bond donors (Lipinski definition) is 0. The molecule has 3 aromatic carbocycles. The maximum absolute atomic E-state index is 4.71. The zero-order valence-electron chi connectivity index (χ0n) is 16.9. The second-order valence-corrected chi connectivity index (χ2v) is 7.21. The Bertz CT molecular complexity index is 1310. The van der Waals surface area contributed by atoms with Crippen LogP contribution in [0.5, 0.6) is 0 Å². The molecule has 0 bridgehead atoms. The molecule has 0 amide bonds. The Hall–Kier alpha value is -3.08. The summed E-state index contributed by atoms with van der Waals surface area (Å²) in [6.45, 7) is 6.23. The molecule has 0 spiro atoms. The van der Waals surface area contributed by atoms with Crippen molar-refractivity contribution in [1.82, 2.24) is 24.3 Å². The second kappa shape index (κ2) is 7.98. The molecule has 1 radical (unpaired) electrons. The minimum atomic E-state index is 0. The average Bonchev–Trinajstić information content (AvgIpc) is 3.32. The Morgan fingerprint density at radius 1 is 0.900 bits per heavy atom. The van der Waals surface area contributed by atoms with E-state index in [-0.39, 0.29) is 20.1 Å². The maximum atomic E-state index is 4.71. The van der Waals surface area contributed by atoms with Crippen LogP contribution < -0.4 is 0 Å². The van der Waals surface area contributed by atoms with Crippen LogP contribution in [0.1, 0.15) is 17.0 Å². The van der Waals surface area contributed by atoms with E-state index >= 15 is 0 Å². The van der Waals surface area contributed by atoms with Crippen molar-refractivity contribution in [3.05, 3.63) is 90.0 Å². The van der Waals surface area contributed by atoms with Crippen molar-refractivity contribution in [3.8, 4) is 22.8 Å². The van der Waals surface area contributed by atoms with Gasteiger partial charge in [0.1, 0.15) is 6.33 Å². The number of para-hydroxylation sites is 2. The number of hydrogen-bond acceptors (Lipinski definition) is 3. The summed E-state index contributed by atoms with van der Waals surface area (Å²) >= 11 is 0. The van der Waals surface area contributed by atoms with Gasteiger partial charge in [-0.1, -0.05) is 36.4 Å². The Morgan fingerprint density at radius 3 is 2.37 bits per heavy atom. The van der Waals surface area contributed by atoms with Gasteiger partial charge in [0.15, 0.2) is 0 Å². The Kier molecular flexibility index (Phi) is 5.37. The quantitative estimate of drug-likeness (QED) is 0.287. The number of nitrogens with zero attached hydrogens (tertiary/aromatic N) is 5.